The van der Waals surface area contributed by atoms with Gasteiger partial charge in [-0.25, -0.2) is 0 Å². The lowest BCUT2D eigenvalue weighted by Gasteiger charge is -2.26. The highest BCUT2D eigenvalue weighted by Crippen LogP contribution is 2.34. The van der Waals surface area contributed by atoms with Gasteiger partial charge in [-0.05, 0) is 24.6 Å². The molecule has 1 aliphatic heterocycles. The average molecular weight is 228 g/mol. The first kappa shape index (κ1) is 10.7. The van der Waals surface area contributed by atoms with Crippen LogP contribution in [-0.4, -0.2) is 24.8 Å². The van der Waals surface area contributed by atoms with Crippen molar-refractivity contribution in [2.24, 2.45) is 0 Å². The van der Waals surface area contributed by atoms with E-state index in [0.29, 0.717) is 11.6 Å². The predicted octanol–water partition coefficient (Wildman–Crippen LogP) is 2.01. The first-order valence-electron chi connectivity index (χ1n) is 5.00. The molecule has 1 aromatic carbocycles. The summed E-state index contributed by atoms with van der Waals surface area (Å²) in [5, 5.41) is 13.7. The Kier molecular flexibility index (Phi) is 3.14. The SMILES string of the molecule is Cc1c(Cl)ccc(O)c1C1CNCCO1. The van der Waals surface area contributed by atoms with E-state index in [9.17, 15) is 5.11 Å². The summed E-state index contributed by atoms with van der Waals surface area (Å²) in [6.45, 7) is 4.14. The molecular weight excluding hydrogens is 214 g/mol. The van der Waals surface area contributed by atoms with Crippen molar-refractivity contribution in [1.82, 2.24) is 5.32 Å². The lowest BCUT2D eigenvalue weighted by molar-refractivity contribution is 0.0259. The lowest BCUT2D eigenvalue weighted by Crippen LogP contribution is -2.33. The summed E-state index contributed by atoms with van der Waals surface area (Å²) in [4.78, 5) is 0. The number of halogens is 1. The van der Waals surface area contributed by atoms with Gasteiger partial charge >= 0.3 is 0 Å². The Morgan fingerprint density at radius 1 is 1.53 bits per heavy atom. The summed E-state index contributed by atoms with van der Waals surface area (Å²) in [5.74, 6) is 0.255. The molecule has 1 aromatic rings. The summed E-state index contributed by atoms with van der Waals surface area (Å²) in [5.41, 5.74) is 1.69. The number of ether oxygens (including phenoxy) is 1. The van der Waals surface area contributed by atoms with Gasteiger partial charge in [0.1, 0.15) is 5.75 Å². The van der Waals surface area contributed by atoms with Crippen molar-refractivity contribution in [2.75, 3.05) is 19.7 Å². The molecule has 0 radical (unpaired) electrons. The maximum absolute atomic E-state index is 9.80. The van der Waals surface area contributed by atoms with Crippen molar-refractivity contribution in [3.63, 3.8) is 0 Å². The molecule has 1 atom stereocenters. The van der Waals surface area contributed by atoms with Gasteiger partial charge < -0.3 is 15.2 Å². The van der Waals surface area contributed by atoms with Crippen molar-refractivity contribution < 1.29 is 9.84 Å². The molecule has 0 saturated carbocycles. The zero-order chi connectivity index (χ0) is 10.8. The first-order valence-corrected chi connectivity index (χ1v) is 5.38. The van der Waals surface area contributed by atoms with E-state index in [2.05, 4.69) is 5.32 Å². The van der Waals surface area contributed by atoms with Gasteiger partial charge in [0.05, 0.1) is 12.7 Å². The number of rotatable bonds is 1. The number of benzene rings is 1. The van der Waals surface area contributed by atoms with Gasteiger partial charge in [0.15, 0.2) is 0 Å². The minimum absolute atomic E-state index is 0.0996. The fourth-order valence-electron chi connectivity index (χ4n) is 1.84. The van der Waals surface area contributed by atoms with E-state index in [-0.39, 0.29) is 11.9 Å². The van der Waals surface area contributed by atoms with Crippen molar-refractivity contribution in [3.05, 3.63) is 28.3 Å². The Balaban J connectivity index is 2.36. The van der Waals surface area contributed by atoms with Gasteiger partial charge in [-0.15, -0.1) is 0 Å². The molecule has 2 rings (SSSR count). The number of aromatic hydroxyl groups is 1. The molecule has 0 aromatic heterocycles. The van der Waals surface area contributed by atoms with Gasteiger partial charge in [-0.1, -0.05) is 11.6 Å². The number of hydrogen-bond acceptors (Lipinski definition) is 3. The van der Waals surface area contributed by atoms with Crippen LogP contribution in [0.3, 0.4) is 0 Å². The van der Waals surface area contributed by atoms with Crippen LogP contribution >= 0.6 is 11.6 Å². The van der Waals surface area contributed by atoms with E-state index in [4.69, 9.17) is 16.3 Å². The van der Waals surface area contributed by atoms with Crippen LogP contribution in [0.1, 0.15) is 17.2 Å². The number of morpholine rings is 1. The van der Waals surface area contributed by atoms with Gasteiger partial charge in [0.2, 0.25) is 0 Å². The lowest BCUT2D eigenvalue weighted by atomic mass is 10.0. The Bertz CT molecular complexity index is 362. The topological polar surface area (TPSA) is 41.5 Å². The van der Waals surface area contributed by atoms with E-state index in [0.717, 1.165) is 24.2 Å². The van der Waals surface area contributed by atoms with Crippen LogP contribution in [0.2, 0.25) is 5.02 Å². The van der Waals surface area contributed by atoms with Gasteiger partial charge in [0, 0.05) is 23.7 Å². The molecule has 1 fully saturated rings. The molecule has 1 heterocycles. The molecule has 0 spiro atoms. The third kappa shape index (κ3) is 2.09. The molecule has 15 heavy (non-hydrogen) atoms. The summed E-state index contributed by atoms with van der Waals surface area (Å²) in [7, 11) is 0. The fraction of sp³-hybridized carbons (Fsp3) is 0.455. The van der Waals surface area contributed by atoms with Gasteiger partial charge in [-0.3, -0.25) is 0 Å². The molecule has 1 saturated heterocycles. The number of nitrogens with one attached hydrogen (secondary N) is 1. The zero-order valence-corrected chi connectivity index (χ0v) is 9.34. The van der Waals surface area contributed by atoms with Crippen LogP contribution in [0.15, 0.2) is 12.1 Å². The number of phenolic OH excluding ortho intramolecular Hbond substituents is 1. The van der Waals surface area contributed by atoms with Crippen LogP contribution in [-0.2, 0) is 4.74 Å². The second-order valence-electron chi connectivity index (χ2n) is 3.67. The summed E-state index contributed by atoms with van der Waals surface area (Å²) < 4.78 is 5.60. The normalized spacial score (nSPS) is 21.6. The van der Waals surface area contributed by atoms with Crippen molar-refractivity contribution in [2.45, 2.75) is 13.0 Å². The second kappa shape index (κ2) is 4.39. The fourth-order valence-corrected chi connectivity index (χ4v) is 2.01. The van der Waals surface area contributed by atoms with Crippen molar-refractivity contribution in [1.29, 1.82) is 0 Å². The smallest absolute Gasteiger partial charge is 0.121 e. The highest BCUT2D eigenvalue weighted by molar-refractivity contribution is 6.31. The van der Waals surface area contributed by atoms with E-state index < -0.39 is 0 Å². The monoisotopic (exact) mass is 227 g/mol. The summed E-state index contributed by atoms with van der Waals surface area (Å²) >= 11 is 6.02. The van der Waals surface area contributed by atoms with Crippen LogP contribution in [0.5, 0.6) is 5.75 Å². The molecule has 4 heteroatoms. The first-order chi connectivity index (χ1) is 7.20. The highest BCUT2D eigenvalue weighted by Gasteiger charge is 2.21. The predicted molar refractivity (Wildman–Crippen MR) is 59.4 cm³/mol. The third-order valence-corrected chi connectivity index (χ3v) is 3.08. The largest absolute Gasteiger partial charge is 0.508 e. The minimum atomic E-state index is -0.0996. The maximum Gasteiger partial charge on any atom is 0.121 e. The van der Waals surface area contributed by atoms with Gasteiger partial charge in [-0.2, -0.15) is 0 Å². The van der Waals surface area contributed by atoms with E-state index >= 15 is 0 Å². The third-order valence-electron chi connectivity index (χ3n) is 2.68. The number of hydrogen-bond donors (Lipinski definition) is 2. The van der Waals surface area contributed by atoms with Crippen LogP contribution in [0, 0.1) is 6.92 Å². The zero-order valence-electron chi connectivity index (χ0n) is 8.59. The van der Waals surface area contributed by atoms with Crippen LogP contribution in [0.25, 0.3) is 0 Å². The minimum Gasteiger partial charge on any atom is -0.508 e. The molecule has 0 amide bonds. The molecule has 1 unspecified atom stereocenters. The summed E-state index contributed by atoms with van der Waals surface area (Å²) in [6.07, 6.45) is -0.0996. The van der Waals surface area contributed by atoms with Crippen molar-refractivity contribution >= 4 is 11.6 Å². The Labute approximate surface area is 94.0 Å². The molecule has 3 nitrogen and oxygen atoms in total. The van der Waals surface area contributed by atoms with E-state index in [1.54, 1.807) is 12.1 Å². The van der Waals surface area contributed by atoms with Crippen LogP contribution in [0.4, 0.5) is 0 Å². The second-order valence-corrected chi connectivity index (χ2v) is 4.08. The molecule has 2 N–H and O–H groups in total. The Morgan fingerprint density at radius 2 is 2.33 bits per heavy atom. The maximum atomic E-state index is 9.80. The summed E-state index contributed by atoms with van der Waals surface area (Å²) in [6, 6.07) is 3.31. The molecule has 0 aliphatic carbocycles. The highest BCUT2D eigenvalue weighted by atomic mass is 35.5. The number of phenols is 1. The molecule has 0 bridgehead atoms. The van der Waals surface area contributed by atoms with E-state index in [1.807, 2.05) is 6.92 Å². The van der Waals surface area contributed by atoms with Gasteiger partial charge in [0.25, 0.3) is 0 Å². The standard InChI is InChI=1S/C11H14ClNO2/c1-7-8(12)2-3-9(14)11(7)10-6-13-4-5-15-10/h2-3,10,13-14H,4-6H2,1H3. The quantitative estimate of drug-likeness (QED) is 0.771. The molecule has 1 aliphatic rings. The average Bonchev–Trinajstić information content (AvgIpc) is 2.26. The van der Waals surface area contributed by atoms with E-state index in [1.165, 1.54) is 0 Å². The van der Waals surface area contributed by atoms with Crippen molar-refractivity contribution in [3.8, 4) is 5.75 Å². The Hall–Kier alpha value is -0.770. The van der Waals surface area contributed by atoms with Crippen LogP contribution < -0.4 is 5.32 Å². The molecular formula is C11H14ClNO2. The molecule has 82 valence electrons. The Morgan fingerprint density at radius 3 is 3.00 bits per heavy atom.